The fourth-order valence-corrected chi connectivity index (χ4v) is 4.01. The summed E-state index contributed by atoms with van der Waals surface area (Å²) in [7, 11) is 2.17. The summed E-state index contributed by atoms with van der Waals surface area (Å²) in [6.45, 7) is 10.00. The van der Waals surface area contributed by atoms with Crippen molar-refractivity contribution in [2.24, 2.45) is 0 Å². The van der Waals surface area contributed by atoms with Crippen LogP contribution in [-0.2, 0) is 26.2 Å². The Labute approximate surface area is 149 Å². The fourth-order valence-electron chi connectivity index (χ4n) is 3.03. The largest absolute Gasteiger partial charge is 0.295 e. The normalized spacial score (nSPS) is 14.5. The molecule has 0 saturated heterocycles. The van der Waals surface area contributed by atoms with Gasteiger partial charge >= 0.3 is 0 Å². The average molecular weight is 343 g/mol. The molecule has 0 atom stereocenters. The van der Waals surface area contributed by atoms with Crippen LogP contribution in [0.1, 0.15) is 35.2 Å². The lowest BCUT2D eigenvalue weighted by molar-refractivity contribution is 0.237. The number of nitrogens with zero attached hydrogens (tertiary/aromatic N) is 4. The van der Waals surface area contributed by atoms with Crippen LogP contribution >= 0.6 is 11.3 Å². The molecule has 0 amide bonds. The van der Waals surface area contributed by atoms with Crippen molar-refractivity contribution in [2.75, 3.05) is 20.1 Å². The number of thiophene rings is 1. The van der Waals surface area contributed by atoms with Crippen molar-refractivity contribution in [1.29, 1.82) is 0 Å². The third-order valence-corrected chi connectivity index (χ3v) is 5.35. The van der Waals surface area contributed by atoms with Crippen molar-refractivity contribution in [3.63, 3.8) is 0 Å². The molecule has 1 aliphatic heterocycles. The van der Waals surface area contributed by atoms with Crippen LogP contribution in [0.25, 0.3) is 0 Å². The molecular weight excluding hydrogens is 316 g/mol. The molecule has 0 N–H and O–H groups in total. The van der Waals surface area contributed by atoms with Crippen molar-refractivity contribution in [2.45, 2.75) is 46.4 Å². The second-order valence-electron chi connectivity index (χ2n) is 6.47. The van der Waals surface area contributed by atoms with Gasteiger partial charge in [-0.3, -0.25) is 14.5 Å². The molecule has 2 aromatic rings. The van der Waals surface area contributed by atoms with Gasteiger partial charge in [0.25, 0.3) is 0 Å². The van der Waals surface area contributed by atoms with Crippen molar-refractivity contribution in [3.8, 4) is 11.8 Å². The number of hydrogen-bond donors (Lipinski definition) is 0. The second kappa shape index (κ2) is 7.98. The number of rotatable bonds is 5. The van der Waals surface area contributed by atoms with E-state index in [0.29, 0.717) is 0 Å². The summed E-state index contributed by atoms with van der Waals surface area (Å²) >= 11 is 1.84. The van der Waals surface area contributed by atoms with Gasteiger partial charge in [-0.2, -0.15) is 5.10 Å². The van der Waals surface area contributed by atoms with Crippen molar-refractivity contribution >= 4 is 11.3 Å². The molecule has 4 nitrogen and oxygen atoms in total. The highest BCUT2D eigenvalue weighted by atomic mass is 32.1. The number of hydrogen-bond acceptors (Lipinski definition) is 4. The first-order valence-electron chi connectivity index (χ1n) is 8.61. The Morgan fingerprint density at radius 1 is 1.29 bits per heavy atom. The van der Waals surface area contributed by atoms with E-state index < -0.39 is 0 Å². The molecule has 0 saturated carbocycles. The Hall–Kier alpha value is -1.61. The Kier molecular flexibility index (Phi) is 5.72. The molecule has 24 heavy (non-hydrogen) atoms. The monoisotopic (exact) mass is 342 g/mol. The van der Waals surface area contributed by atoms with Crippen LogP contribution in [0.3, 0.4) is 0 Å². The topological polar surface area (TPSA) is 24.3 Å². The highest BCUT2D eigenvalue weighted by molar-refractivity contribution is 7.10. The highest BCUT2D eigenvalue weighted by Gasteiger charge is 2.18. The summed E-state index contributed by atoms with van der Waals surface area (Å²) in [6, 6.07) is 4.45. The van der Waals surface area contributed by atoms with Gasteiger partial charge in [-0.15, -0.1) is 17.3 Å². The molecule has 5 heteroatoms. The summed E-state index contributed by atoms with van der Waals surface area (Å²) in [5.74, 6) is 6.40. The smallest absolute Gasteiger partial charge is 0.0768 e. The van der Waals surface area contributed by atoms with Gasteiger partial charge in [0.1, 0.15) is 0 Å². The molecule has 3 heterocycles. The molecule has 128 valence electrons. The van der Waals surface area contributed by atoms with E-state index in [2.05, 4.69) is 64.7 Å². The van der Waals surface area contributed by atoms with Crippen LogP contribution in [0.5, 0.6) is 0 Å². The molecule has 0 fully saturated rings. The minimum absolute atomic E-state index is 0.867. The second-order valence-corrected chi connectivity index (χ2v) is 7.47. The first kappa shape index (κ1) is 17.2. The lowest BCUT2D eigenvalue weighted by Gasteiger charge is -2.25. The van der Waals surface area contributed by atoms with E-state index >= 15 is 0 Å². The molecule has 0 bridgehead atoms. The van der Waals surface area contributed by atoms with Gasteiger partial charge in [-0.25, -0.2) is 0 Å². The standard InChI is InChI=1S/C19H26N4S/c1-4-5-6-8-22-9-10-23-18(14-22)12-17(20-23)13-21(3)15-19-16(2)7-11-24-19/h7,11-12H,4,8-10,13-15H2,1-3H3. The van der Waals surface area contributed by atoms with Crippen LogP contribution in [0.15, 0.2) is 17.5 Å². The molecule has 1 aliphatic rings. The number of aromatic nitrogens is 2. The summed E-state index contributed by atoms with van der Waals surface area (Å²) in [5, 5.41) is 6.96. The van der Waals surface area contributed by atoms with Gasteiger partial charge in [0.15, 0.2) is 0 Å². The predicted octanol–water partition coefficient (Wildman–Crippen LogP) is 3.11. The van der Waals surface area contributed by atoms with Gasteiger partial charge in [0, 0.05) is 37.5 Å². The Morgan fingerprint density at radius 2 is 2.17 bits per heavy atom. The van der Waals surface area contributed by atoms with E-state index in [-0.39, 0.29) is 0 Å². The van der Waals surface area contributed by atoms with Crippen LogP contribution in [0, 0.1) is 18.8 Å². The molecule has 0 aromatic carbocycles. The van der Waals surface area contributed by atoms with Crippen molar-refractivity contribution < 1.29 is 0 Å². The van der Waals surface area contributed by atoms with Gasteiger partial charge in [0.05, 0.1) is 24.5 Å². The fraction of sp³-hybridized carbons (Fsp3) is 0.526. The predicted molar refractivity (Wildman–Crippen MR) is 99.8 cm³/mol. The summed E-state index contributed by atoms with van der Waals surface area (Å²) in [4.78, 5) is 6.20. The molecule has 0 unspecified atom stereocenters. The summed E-state index contributed by atoms with van der Waals surface area (Å²) in [5.41, 5.74) is 3.87. The summed E-state index contributed by atoms with van der Waals surface area (Å²) in [6.07, 6.45) is 0.936. The van der Waals surface area contributed by atoms with Gasteiger partial charge in [0.2, 0.25) is 0 Å². The molecule has 0 spiro atoms. The van der Waals surface area contributed by atoms with E-state index in [1.807, 2.05) is 11.3 Å². The number of aryl methyl sites for hydroxylation is 1. The molecule has 3 rings (SSSR count). The number of fused-ring (bicyclic) bond motifs is 1. The first-order chi connectivity index (χ1) is 11.7. The van der Waals surface area contributed by atoms with Crippen LogP contribution in [0.2, 0.25) is 0 Å². The Morgan fingerprint density at radius 3 is 2.92 bits per heavy atom. The van der Waals surface area contributed by atoms with E-state index in [1.165, 1.54) is 21.8 Å². The highest BCUT2D eigenvalue weighted by Crippen LogP contribution is 2.19. The quantitative estimate of drug-likeness (QED) is 0.781. The lowest BCUT2D eigenvalue weighted by Crippen LogP contribution is -2.34. The van der Waals surface area contributed by atoms with Crippen molar-refractivity contribution in [1.82, 2.24) is 19.6 Å². The van der Waals surface area contributed by atoms with Gasteiger partial charge in [-0.05, 0) is 37.0 Å². The molecule has 0 radical (unpaired) electrons. The SMILES string of the molecule is CCC#CCN1CCn2nc(CN(C)Cc3sccc3C)cc2C1. The van der Waals surface area contributed by atoms with Crippen molar-refractivity contribution in [3.05, 3.63) is 39.3 Å². The zero-order valence-corrected chi connectivity index (χ0v) is 15.7. The maximum absolute atomic E-state index is 4.79. The zero-order chi connectivity index (χ0) is 16.9. The Bertz CT molecular complexity index is 734. The molecular formula is C19H26N4S. The van der Waals surface area contributed by atoms with Crippen LogP contribution < -0.4 is 0 Å². The first-order valence-corrected chi connectivity index (χ1v) is 9.49. The van der Waals surface area contributed by atoms with Crippen LogP contribution in [-0.4, -0.2) is 39.7 Å². The Balaban J connectivity index is 1.58. The molecule has 0 aliphatic carbocycles. The minimum Gasteiger partial charge on any atom is -0.295 e. The van der Waals surface area contributed by atoms with E-state index in [4.69, 9.17) is 5.10 Å². The van der Waals surface area contributed by atoms with E-state index in [0.717, 1.165) is 45.7 Å². The van der Waals surface area contributed by atoms with Crippen LogP contribution in [0.4, 0.5) is 0 Å². The van der Waals surface area contributed by atoms with E-state index in [1.54, 1.807) is 0 Å². The maximum Gasteiger partial charge on any atom is 0.0768 e. The third-order valence-electron chi connectivity index (χ3n) is 4.35. The molecule has 2 aromatic heterocycles. The van der Waals surface area contributed by atoms with Gasteiger partial charge < -0.3 is 0 Å². The third kappa shape index (κ3) is 4.27. The summed E-state index contributed by atoms with van der Waals surface area (Å²) < 4.78 is 2.17. The van der Waals surface area contributed by atoms with E-state index in [9.17, 15) is 0 Å². The minimum atomic E-state index is 0.867. The average Bonchev–Trinajstić information content (AvgIpc) is 3.13. The zero-order valence-electron chi connectivity index (χ0n) is 14.9. The lowest BCUT2D eigenvalue weighted by atomic mass is 10.2. The maximum atomic E-state index is 4.79. The van der Waals surface area contributed by atoms with Gasteiger partial charge in [-0.1, -0.05) is 12.8 Å².